The summed E-state index contributed by atoms with van der Waals surface area (Å²) in [5.74, 6) is -1.52. The third kappa shape index (κ3) is 13.4. The second-order valence-electron chi connectivity index (χ2n) is 15.8. The molecular weight excluding hydrogens is 914 g/mol. The minimum Gasteiger partial charge on any atom is -0.726 e. The van der Waals surface area contributed by atoms with Crippen LogP contribution in [0.5, 0.6) is 5.75 Å². The molecule has 2 saturated heterocycles. The molecule has 2 aliphatic heterocycles. The summed E-state index contributed by atoms with van der Waals surface area (Å²) < 4.78 is 95.6. The molecule has 2 aliphatic rings. The van der Waals surface area contributed by atoms with E-state index in [1.807, 2.05) is 48.5 Å². The molecule has 7 rings (SSSR count). The molecular formula is C43H49F2N8NaO12S. The number of aromatic nitrogens is 6. The minimum absolute atomic E-state index is 0. The third-order valence-corrected chi connectivity index (χ3v) is 11.8. The summed E-state index contributed by atoms with van der Waals surface area (Å²) in [6, 6.07) is 18.3. The van der Waals surface area contributed by atoms with Gasteiger partial charge >= 0.3 is 47.4 Å². The normalized spacial score (nSPS) is 18.2. The summed E-state index contributed by atoms with van der Waals surface area (Å²) in [4.78, 5) is 46.1. The van der Waals surface area contributed by atoms with Gasteiger partial charge in [-0.2, -0.15) is 10.2 Å². The Labute approximate surface area is 406 Å². The Balaban J connectivity index is 0.00000741. The number of esters is 1. The maximum Gasteiger partial charge on any atom is 1.00 e. The van der Waals surface area contributed by atoms with Crippen molar-refractivity contribution in [2.45, 2.75) is 63.8 Å². The van der Waals surface area contributed by atoms with Gasteiger partial charge in [-0.25, -0.2) is 45.7 Å². The molecule has 0 N–H and O–H groups in total. The molecule has 0 saturated carbocycles. The molecule has 4 atom stereocenters. The van der Waals surface area contributed by atoms with Gasteiger partial charge in [0.2, 0.25) is 17.2 Å². The van der Waals surface area contributed by atoms with Gasteiger partial charge in [0.05, 0.1) is 38.1 Å². The van der Waals surface area contributed by atoms with E-state index >= 15 is 4.39 Å². The fraction of sp³-hybridized carbons (Fsp3) is 0.442. The van der Waals surface area contributed by atoms with E-state index in [2.05, 4.69) is 29.2 Å². The van der Waals surface area contributed by atoms with Crippen molar-refractivity contribution in [2.24, 2.45) is 5.92 Å². The van der Waals surface area contributed by atoms with Gasteiger partial charge in [0.25, 0.3) is 0 Å². The van der Waals surface area contributed by atoms with E-state index in [4.69, 9.17) is 23.7 Å². The van der Waals surface area contributed by atoms with Crippen LogP contribution in [0.2, 0.25) is 0 Å². The maximum atomic E-state index is 15.0. The van der Waals surface area contributed by atoms with Gasteiger partial charge in [0.15, 0.2) is 0 Å². The molecule has 2 aromatic heterocycles. The Morgan fingerprint density at radius 2 is 1.61 bits per heavy atom. The molecule has 5 aromatic rings. The van der Waals surface area contributed by atoms with Gasteiger partial charge < -0.3 is 38.0 Å². The second-order valence-corrected chi connectivity index (χ2v) is 16.8. The van der Waals surface area contributed by atoms with Gasteiger partial charge in [0.1, 0.15) is 48.1 Å². The number of piperazine rings is 1. The molecule has 0 aliphatic carbocycles. The van der Waals surface area contributed by atoms with Crippen molar-refractivity contribution in [3.05, 3.63) is 113 Å². The predicted molar refractivity (Wildman–Crippen MR) is 229 cm³/mol. The molecule has 4 heterocycles. The average molecular weight is 963 g/mol. The summed E-state index contributed by atoms with van der Waals surface area (Å²) in [5.41, 5.74) is 1.41. The minimum atomic E-state index is -4.87. The summed E-state index contributed by atoms with van der Waals surface area (Å²) in [5, 5.41) is 8.46. The number of hydrogen-bond donors (Lipinski definition) is 0. The Kier molecular flexibility index (Phi) is 17.5. The molecule has 0 bridgehead atoms. The average Bonchev–Trinajstić information content (AvgIpc) is 4.06. The topological polar surface area (TPSA) is 224 Å². The summed E-state index contributed by atoms with van der Waals surface area (Å²) >= 11 is 0. The van der Waals surface area contributed by atoms with E-state index in [9.17, 15) is 31.7 Å². The quantitative estimate of drug-likeness (QED) is 0.0269. The van der Waals surface area contributed by atoms with Crippen molar-refractivity contribution in [2.75, 3.05) is 62.6 Å². The summed E-state index contributed by atoms with van der Waals surface area (Å²) in [7, 11) is -4.87. The van der Waals surface area contributed by atoms with Gasteiger partial charge in [0, 0.05) is 61.5 Å². The molecule has 20 nitrogen and oxygen atoms in total. The number of nitrogens with zero attached hydrogens (tertiary/aromatic N) is 8. The van der Waals surface area contributed by atoms with Crippen LogP contribution in [-0.2, 0) is 50.5 Å². The van der Waals surface area contributed by atoms with Crippen LogP contribution in [0.3, 0.4) is 0 Å². The number of carbonyl (C=O) groups is 2. The molecule has 0 radical (unpaired) electrons. The molecule has 24 heteroatoms. The third-order valence-electron chi connectivity index (χ3n) is 11.4. The molecule has 3 aromatic carbocycles. The van der Waals surface area contributed by atoms with Crippen molar-refractivity contribution in [3.63, 3.8) is 0 Å². The van der Waals surface area contributed by atoms with Crippen LogP contribution in [0.4, 0.5) is 25.0 Å². The van der Waals surface area contributed by atoms with Crippen LogP contribution >= 0.6 is 0 Å². The Hall–Kier alpha value is -5.43. The molecule has 354 valence electrons. The van der Waals surface area contributed by atoms with E-state index in [1.165, 1.54) is 40.4 Å². The smallest absolute Gasteiger partial charge is 0.726 e. The van der Waals surface area contributed by atoms with Crippen molar-refractivity contribution in [3.8, 4) is 11.4 Å². The first-order chi connectivity index (χ1) is 31.7. The molecule has 0 amide bonds. The van der Waals surface area contributed by atoms with Gasteiger partial charge in [-0.05, 0) is 80.8 Å². The number of anilines is 2. The van der Waals surface area contributed by atoms with Crippen LogP contribution in [0.1, 0.15) is 51.1 Å². The number of halogens is 2. The molecule has 1 unspecified atom stereocenters. The van der Waals surface area contributed by atoms with E-state index in [1.54, 1.807) is 18.5 Å². The molecule has 67 heavy (non-hydrogen) atoms. The maximum absolute atomic E-state index is 15.0. The number of ether oxygens (including phenoxy) is 5. The number of hydrogen-bond acceptors (Lipinski definition) is 17. The van der Waals surface area contributed by atoms with Crippen LogP contribution in [0.25, 0.3) is 5.69 Å². The zero-order valence-corrected chi connectivity index (χ0v) is 40.0. The SMILES string of the molecule is CC[C@@H](C(C)OC(=O)OCOC(=O)CCCOS(=O)(=O)[O-])n1ncn(-c2ccc(N3CCN(c4ccc(OC[C@@H]5CO[C@@](Cn6cncn6)(c6ccc(F)cc6F)C5)cc4)CC3)cc2)c1=O.[Na+]. The van der Waals surface area contributed by atoms with E-state index in [0.29, 0.717) is 37.5 Å². The van der Waals surface area contributed by atoms with Crippen molar-refractivity contribution < 1.29 is 88.8 Å². The summed E-state index contributed by atoms with van der Waals surface area (Å²) in [6.07, 6.45) is 2.74. The Morgan fingerprint density at radius 1 is 0.940 bits per heavy atom. The largest absolute Gasteiger partial charge is 1.00 e. The predicted octanol–water partition coefficient (Wildman–Crippen LogP) is 1.50. The summed E-state index contributed by atoms with van der Waals surface area (Å²) in [6.45, 7) is 6.06. The Morgan fingerprint density at radius 3 is 2.24 bits per heavy atom. The Bertz CT molecular complexity index is 2580. The number of carbonyl (C=O) groups excluding carboxylic acids is 2. The molecule has 2 fully saturated rings. The zero-order chi connectivity index (χ0) is 46.8. The van der Waals surface area contributed by atoms with Crippen LogP contribution in [-0.4, -0.2) is 113 Å². The first kappa shape index (κ1) is 51.0. The van der Waals surface area contributed by atoms with Crippen molar-refractivity contribution >= 4 is 33.9 Å². The fourth-order valence-corrected chi connectivity index (χ4v) is 8.40. The zero-order valence-electron chi connectivity index (χ0n) is 37.1. The van der Waals surface area contributed by atoms with E-state index < -0.39 is 71.0 Å². The van der Waals surface area contributed by atoms with E-state index in [-0.39, 0.29) is 60.4 Å². The number of benzene rings is 3. The first-order valence-electron chi connectivity index (χ1n) is 21.2. The van der Waals surface area contributed by atoms with E-state index in [0.717, 1.165) is 43.6 Å². The van der Waals surface area contributed by atoms with Crippen molar-refractivity contribution in [1.82, 2.24) is 29.1 Å². The van der Waals surface area contributed by atoms with Crippen LogP contribution in [0.15, 0.2) is 90.5 Å². The van der Waals surface area contributed by atoms with Crippen LogP contribution in [0, 0.1) is 17.6 Å². The molecule has 0 spiro atoms. The second kappa shape index (κ2) is 23.0. The first-order valence-corrected chi connectivity index (χ1v) is 22.5. The standard InChI is InChI=1S/C43H50F2N8O12S.Na/c1-3-39(30(2)65-42(56)62-29-61-40(54)5-4-20-64-66(57,58)59)53-41(55)52(28-48-53)35-9-7-33(8-10-35)49-16-18-50(19-17-49)34-11-13-36(14-12-34)60-23-31-22-43(63-24-31,25-51-27-46-26-47-51)37-15-6-32(44)21-38(37)45;/h6-15,21,26-28,30-31,39H,3-5,16-20,22-25,29H2,1-2H3,(H,57,58,59);/q;+1/p-1/t30?,31-,39+,43+;/m1./s1. The van der Waals surface area contributed by atoms with Crippen LogP contribution < -0.4 is 49.8 Å². The van der Waals surface area contributed by atoms with Gasteiger partial charge in [-0.3, -0.25) is 8.98 Å². The fourth-order valence-electron chi connectivity index (χ4n) is 8.08. The van der Waals surface area contributed by atoms with Gasteiger partial charge in [-0.15, -0.1) is 0 Å². The van der Waals surface area contributed by atoms with Crippen molar-refractivity contribution in [1.29, 1.82) is 0 Å². The monoisotopic (exact) mass is 962 g/mol. The van der Waals surface area contributed by atoms with Gasteiger partial charge in [-0.1, -0.05) is 13.0 Å². The number of rotatable bonds is 20.